The molecule has 2 aliphatic carbocycles. The Kier molecular flexibility index (Phi) is 3.40. The number of sulfonamides is 1. The van der Waals surface area contributed by atoms with Crippen molar-refractivity contribution in [3.63, 3.8) is 0 Å². The second kappa shape index (κ2) is 4.82. The van der Waals surface area contributed by atoms with Gasteiger partial charge in [0.25, 0.3) is 0 Å². The molecule has 0 heterocycles. The summed E-state index contributed by atoms with van der Waals surface area (Å²) in [5.74, 6) is 0.355. The van der Waals surface area contributed by atoms with Crippen LogP contribution in [0.5, 0.6) is 0 Å². The maximum atomic E-state index is 12.6. The molecule has 2 saturated carbocycles. The number of nitrogens with one attached hydrogen (secondary N) is 1. The third kappa shape index (κ3) is 2.26. The quantitative estimate of drug-likeness (QED) is 0.926. The molecule has 2 atom stereocenters. The number of Topliss-reactive ketones (excluding diaryl/α,β-unsaturated/α-hetero) is 1. The van der Waals surface area contributed by atoms with E-state index in [2.05, 4.69) is 18.6 Å². The molecule has 2 aliphatic rings. The van der Waals surface area contributed by atoms with Crippen molar-refractivity contribution < 1.29 is 13.2 Å². The number of rotatable bonds is 4. The fourth-order valence-electron chi connectivity index (χ4n) is 4.36. The van der Waals surface area contributed by atoms with Crippen LogP contribution in [0.15, 0.2) is 24.3 Å². The summed E-state index contributed by atoms with van der Waals surface area (Å²) in [6.45, 7) is 6.02. The Hall–Kier alpha value is -1.36. The Bertz CT molecular complexity index is 723. The van der Waals surface area contributed by atoms with Crippen molar-refractivity contribution in [3.8, 4) is 0 Å². The summed E-state index contributed by atoms with van der Waals surface area (Å²) in [5, 5.41) is 0. The molecule has 0 aromatic heterocycles. The standard InChI is InChI=1S/C17H23NO3S/c1-12-5-4-6-14(9-12)18-22(20,21)11-17-8-7-13(10-15(17)19)16(17,2)3/h4-6,9,13,18H,7-8,10-11H2,1-3H3/t13-,17-/m0/s1. The summed E-state index contributed by atoms with van der Waals surface area (Å²) < 4.78 is 27.9. The van der Waals surface area contributed by atoms with Gasteiger partial charge >= 0.3 is 0 Å². The molecule has 2 fully saturated rings. The molecule has 3 rings (SSSR count). The van der Waals surface area contributed by atoms with Crippen LogP contribution in [-0.4, -0.2) is 20.0 Å². The van der Waals surface area contributed by atoms with Crippen LogP contribution in [0.4, 0.5) is 5.69 Å². The molecule has 0 unspecified atom stereocenters. The lowest BCUT2D eigenvalue weighted by Crippen LogP contribution is -2.43. The first kappa shape index (κ1) is 15.5. The van der Waals surface area contributed by atoms with Crippen molar-refractivity contribution in [2.24, 2.45) is 16.7 Å². The second-order valence-electron chi connectivity index (χ2n) is 7.40. The number of ketones is 1. The Labute approximate surface area is 132 Å². The van der Waals surface area contributed by atoms with Crippen molar-refractivity contribution in [1.29, 1.82) is 0 Å². The van der Waals surface area contributed by atoms with Gasteiger partial charge in [-0.25, -0.2) is 8.42 Å². The molecule has 2 bridgehead atoms. The average molecular weight is 321 g/mol. The fraction of sp³-hybridized carbons (Fsp3) is 0.588. The van der Waals surface area contributed by atoms with E-state index in [1.54, 1.807) is 12.1 Å². The van der Waals surface area contributed by atoms with E-state index < -0.39 is 15.4 Å². The van der Waals surface area contributed by atoms with Crippen LogP contribution < -0.4 is 4.72 Å². The summed E-state index contributed by atoms with van der Waals surface area (Å²) in [6, 6.07) is 7.28. The zero-order valence-corrected chi connectivity index (χ0v) is 14.2. The predicted octanol–water partition coefficient (Wildman–Crippen LogP) is 3.13. The maximum Gasteiger partial charge on any atom is 0.233 e. The molecule has 0 amide bonds. The Morgan fingerprint density at radius 3 is 2.59 bits per heavy atom. The van der Waals surface area contributed by atoms with Crippen molar-refractivity contribution >= 4 is 21.5 Å². The third-order valence-electron chi connectivity index (χ3n) is 5.87. The Balaban J connectivity index is 1.87. The van der Waals surface area contributed by atoms with Gasteiger partial charge in [-0.1, -0.05) is 26.0 Å². The van der Waals surface area contributed by atoms with Crippen molar-refractivity contribution in [2.75, 3.05) is 10.5 Å². The smallest absolute Gasteiger partial charge is 0.233 e. The van der Waals surface area contributed by atoms with E-state index in [4.69, 9.17) is 0 Å². The highest BCUT2D eigenvalue weighted by molar-refractivity contribution is 7.92. The summed E-state index contributed by atoms with van der Waals surface area (Å²) >= 11 is 0. The lowest BCUT2D eigenvalue weighted by Gasteiger charge is -2.36. The maximum absolute atomic E-state index is 12.6. The number of aryl methyl sites for hydroxylation is 1. The molecule has 0 spiro atoms. The van der Waals surface area contributed by atoms with Crippen LogP contribution in [0.2, 0.25) is 0 Å². The monoisotopic (exact) mass is 321 g/mol. The van der Waals surface area contributed by atoms with Crippen LogP contribution in [0.25, 0.3) is 0 Å². The number of anilines is 1. The minimum absolute atomic E-state index is 0.101. The van der Waals surface area contributed by atoms with Gasteiger partial charge in [0.05, 0.1) is 11.2 Å². The van der Waals surface area contributed by atoms with Gasteiger partial charge in [-0.05, 0) is 48.8 Å². The highest BCUT2D eigenvalue weighted by Gasteiger charge is 2.65. The minimum Gasteiger partial charge on any atom is -0.299 e. The van der Waals surface area contributed by atoms with Gasteiger partial charge in [0.2, 0.25) is 10.0 Å². The van der Waals surface area contributed by atoms with Crippen LogP contribution in [0, 0.1) is 23.7 Å². The zero-order chi connectivity index (χ0) is 16.2. The van der Waals surface area contributed by atoms with Crippen molar-refractivity contribution in [3.05, 3.63) is 29.8 Å². The molecule has 4 nitrogen and oxygen atoms in total. The first-order valence-electron chi connectivity index (χ1n) is 7.77. The van der Waals surface area contributed by atoms with E-state index in [0.29, 0.717) is 24.4 Å². The normalized spacial score (nSPS) is 29.8. The molecule has 0 radical (unpaired) electrons. The van der Waals surface area contributed by atoms with Crippen LogP contribution in [0.3, 0.4) is 0 Å². The number of carbonyl (C=O) groups excluding carboxylic acids is 1. The average Bonchev–Trinajstić information content (AvgIpc) is 2.71. The zero-order valence-electron chi connectivity index (χ0n) is 13.3. The largest absolute Gasteiger partial charge is 0.299 e. The predicted molar refractivity (Wildman–Crippen MR) is 87.2 cm³/mol. The van der Waals surface area contributed by atoms with E-state index >= 15 is 0 Å². The van der Waals surface area contributed by atoms with Crippen LogP contribution >= 0.6 is 0 Å². The van der Waals surface area contributed by atoms with Gasteiger partial charge in [0, 0.05) is 12.1 Å². The summed E-state index contributed by atoms with van der Waals surface area (Å²) in [4.78, 5) is 12.5. The van der Waals surface area contributed by atoms with Gasteiger partial charge < -0.3 is 0 Å². The molecule has 1 aromatic carbocycles. The van der Waals surface area contributed by atoms with Gasteiger partial charge in [-0.2, -0.15) is 0 Å². The first-order chi connectivity index (χ1) is 10.2. The van der Waals surface area contributed by atoms with E-state index in [0.717, 1.165) is 12.0 Å². The molecule has 0 aliphatic heterocycles. The Morgan fingerprint density at radius 2 is 2.05 bits per heavy atom. The number of hydrogen-bond acceptors (Lipinski definition) is 3. The topological polar surface area (TPSA) is 63.2 Å². The lowest BCUT2D eigenvalue weighted by molar-refractivity contribution is -0.128. The van der Waals surface area contributed by atoms with E-state index in [1.165, 1.54) is 0 Å². The SMILES string of the molecule is Cc1cccc(NS(=O)(=O)C[C@@]23CC[C@@H](CC2=O)C3(C)C)c1. The summed E-state index contributed by atoms with van der Waals surface area (Å²) in [6.07, 6.45) is 2.18. The Morgan fingerprint density at radius 1 is 1.32 bits per heavy atom. The van der Waals surface area contributed by atoms with Crippen LogP contribution in [0.1, 0.15) is 38.7 Å². The molecular weight excluding hydrogens is 298 g/mol. The molecule has 120 valence electrons. The molecular formula is C17H23NO3S. The minimum atomic E-state index is -3.55. The van der Waals surface area contributed by atoms with Gasteiger partial charge in [0.1, 0.15) is 5.78 Å². The van der Waals surface area contributed by atoms with Crippen molar-refractivity contribution in [2.45, 2.75) is 40.0 Å². The van der Waals surface area contributed by atoms with Gasteiger partial charge in [0.15, 0.2) is 0 Å². The summed E-state index contributed by atoms with van der Waals surface area (Å²) in [7, 11) is -3.55. The van der Waals surface area contributed by atoms with Crippen molar-refractivity contribution in [1.82, 2.24) is 0 Å². The van der Waals surface area contributed by atoms with E-state index in [9.17, 15) is 13.2 Å². The van der Waals surface area contributed by atoms with Crippen LogP contribution in [-0.2, 0) is 14.8 Å². The fourth-order valence-corrected chi connectivity index (χ4v) is 6.24. The molecule has 22 heavy (non-hydrogen) atoms. The highest BCUT2D eigenvalue weighted by atomic mass is 32.2. The number of hydrogen-bond donors (Lipinski definition) is 1. The molecule has 0 saturated heterocycles. The van der Waals surface area contributed by atoms with E-state index in [-0.39, 0.29) is 17.0 Å². The number of carbonyl (C=O) groups is 1. The van der Waals surface area contributed by atoms with Gasteiger partial charge in [-0.15, -0.1) is 0 Å². The molecule has 1 N–H and O–H groups in total. The lowest BCUT2D eigenvalue weighted by atomic mass is 9.70. The molecule has 5 heteroatoms. The number of benzene rings is 1. The third-order valence-corrected chi connectivity index (χ3v) is 7.29. The van der Waals surface area contributed by atoms with E-state index in [1.807, 2.05) is 19.1 Å². The second-order valence-corrected chi connectivity index (χ2v) is 9.12. The number of fused-ring (bicyclic) bond motifs is 2. The first-order valence-corrected chi connectivity index (χ1v) is 9.42. The highest BCUT2D eigenvalue weighted by Crippen LogP contribution is 2.64. The molecule has 1 aromatic rings. The van der Waals surface area contributed by atoms with Gasteiger partial charge in [-0.3, -0.25) is 9.52 Å². The summed E-state index contributed by atoms with van der Waals surface area (Å²) in [5.41, 5.74) is 0.615.